The first-order chi connectivity index (χ1) is 12.2. The van der Waals surface area contributed by atoms with Crippen LogP contribution in [0.1, 0.15) is 17.8 Å². The molecule has 0 bridgehead atoms. The second-order valence-corrected chi connectivity index (χ2v) is 7.85. The van der Waals surface area contributed by atoms with Crippen LogP contribution in [0.15, 0.2) is 24.3 Å². The van der Waals surface area contributed by atoms with E-state index < -0.39 is 0 Å². The number of benzene rings is 1. The van der Waals surface area contributed by atoms with E-state index in [4.69, 9.17) is 4.98 Å². The van der Waals surface area contributed by atoms with Gasteiger partial charge in [-0.3, -0.25) is 14.5 Å². The number of rotatable bonds is 3. The lowest BCUT2D eigenvalue weighted by atomic mass is 10.1. The predicted molar refractivity (Wildman–Crippen MR) is 97.2 cm³/mol. The first-order valence-electron chi connectivity index (χ1n) is 8.81. The van der Waals surface area contributed by atoms with Gasteiger partial charge < -0.3 is 10.2 Å². The van der Waals surface area contributed by atoms with Crippen molar-refractivity contribution in [3.05, 3.63) is 29.3 Å². The molecule has 25 heavy (non-hydrogen) atoms. The van der Waals surface area contributed by atoms with E-state index in [0.717, 1.165) is 49.7 Å². The van der Waals surface area contributed by atoms with Crippen molar-refractivity contribution >= 4 is 33.4 Å². The maximum Gasteiger partial charge on any atom is 0.228 e. The zero-order valence-corrected chi connectivity index (χ0v) is 14.9. The molecule has 2 aliphatic heterocycles. The molecule has 0 radical (unpaired) electrons. The number of nitrogens with one attached hydrogen (secondary N) is 1. The lowest BCUT2D eigenvalue weighted by molar-refractivity contribution is -0.135. The van der Waals surface area contributed by atoms with Crippen LogP contribution in [0.5, 0.6) is 0 Å². The highest BCUT2D eigenvalue weighted by molar-refractivity contribution is 7.18. The molecule has 6 nitrogen and oxygen atoms in total. The first-order valence-corrected chi connectivity index (χ1v) is 9.63. The van der Waals surface area contributed by atoms with Crippen LogP contribution in [0, 0.1) is 5.92 Å². The molecule has 1 atom stereocenters. The Bertz CT molecular complexity index is 757. The van der Waals surface area contributed by atoms with Crippen molar-refractivity contribution in [2.24, 2.45) is 5.92 Å². The topological polar surface area (TPSA) is 65.5 Å². The molecule has 2 fully saturated rings. The van der Waals surface area contributed by atoms with Crippen LogP contribution in [0.4, 0.5) is 0 Å². The quantitative estimate of drug-likeness (QED) is 0.902. The second-order valence-electron chi connectivity index (χ2n) is 6.74. The molecule has 2 amide bonds. The van der Waals surface area contributed by atoms with Crippen LogP contribution in [0.25, 0.3) is 10.2 Å². The fourth-order valence-electron chi connectivity index (χ4n) is 3.57. The molecule has 0 saturated carbocycles. The van der Waals surface area contributed by atoms with Crippen LogP contribution in [0.3, 0.4) is 0 Å². The van der Waals surface area contributed by atoms with Crippen molar-refractivity contribution in [1.29, 1.82) is 0 Å². The SMILES string of the molecule is O=C1CC(C(=O)N2CCCN(Cc3nc4ccccc4s3)CC2)CN1. The van der Waals surface area contributed by atoms with Crippen LogP contribution in [-0.4, -0.2) is 59.3 Å². The number of nitrogens with zero attached hydrogens (tertiary/aromatic N) is 3. The standard InChI is InChI=1S/C18H22N4O2S/c23-16-10-13(11-19-16)18(24)22-7-3-6-21(8-9-22)12-17-20-14-4-1-2-5-15(14)25-17/h1-2,4-5,13H,3,6-12H2,(H,19,23). The summed E-state index contributed by atoms with van der Waals surface area (Å²) in [6.45, 7) is 4.67. The summed E-state index contributed by atoms with van der Waals surface area (Å²) >= 11 is 1.75. The summed E-state index contributed by atoms with van der Waals surface area (Å²) in [4.78, 5) is 33.0. The Morgan fingerprint density at radius 3 is 2.92 bits per heavy atom. The molecule has 1 aromatic heterocycles. The molecule has 0 spiro atoms. The largest absolute Gasteiger partial charge is 0.355 e. The summed E-state index contributed by atoms with van der Waals surface area (Å²) in [5.41, 5.74) is 1.06. The fraction of sp³-hybridized carbons (Fsp3) is 0.500. The number of hydrogen-bond acceptors (Lipinski definition) is 5. The average Bonchev–Trinajstić information content (AvgIpc) is 3.14. The minimum atomic E-state index is -0.177. The van der Waals surface area contributed by atoms with Gasteiger partial charge in [-0.1, -0.05) is 12.1 Å². The predicted octanol–water partition coefficient (Wildman–Crippen LogP) is 1.47. The van der Waals surface area contributed by atoms with Crippen molar-refractivity contribution in [3.63, 3.8) is 0 Å². The summed E-state index contributed by atoms with van der Waals surface area (Å²) in [7, 11) is 0. The molecule has 2 aliphatic rings. The first kappa shape index (κ1) is 16.5. The highest BCUT2D eigenvalue weighted by Crippen LogP contribution is 2.23. The van der Waals surface area contributed by atoms with Gasteiger partial charge in [0.25, 0.3) is 0 Å². The van der Waals surface area contributed by atoms with Gasteiger partial charge in [-0.15, -0.1) is 11.3 Å². The molecule has 2 aromatic rings. The molecule has 1 unspecified atom stereocenters. The number of para-hydroxylation sites is 1. The molecule has 2 saturated heterocycles. The molecule has 1 N–H and O–H groups in total. The van der Waals surface area contributed by atoms with E-state index in [0.29, 0.717) is 13.0 Å². The van der Waals surface area contributed by atoms with Crippen molar-refractivity contribution in [2.45, 2.75) is 19.4 Å². The van der Waals surface area contributed by atoms with Gasteiger partial charge >= 0.3 is 0 Å². The molecular formula is C18H22N4O2S. The van der Waals surface area contributed by atoms with Gasteiger partial charge in [0.2, 0.25) is 11.8 Å². The van der Waals surface area contributed by atoms with E-state index >= 15 is 0 Å². The third kappa shape index (κ3) is 3.67. The van der Waals surface area contributed by atoms with Crippen molar-refractivity contribution in [2.75, 3.05) is 32.7 Å². The Hall–Kier alpha value is -1.99. The van der Waals surface area contributed by atoms with E-state index in [1.54, 1.807) is 11.3 Å². The highest BCUT2D eigenvalue weighted by Gasteiger charge is 2.32. The van der Waals surface area contributed by atoms with Crippen LogP contribution in [0.2, 0.25) is 0 Å². The Balaban J connectivity index is 1.36. The minimum Gasteiger partial charge on any atom is -0.355 e. The van der Waals surface area contributed by atoms with Gasteiger partial charge in [0.05, 0.1) is 22.7 Å². The molecule has 4 rings (SSSR count). The van der Waals surface area contributed by atoms with Crippen molar-refractivity contribution < 1.29 is 9.59 Å². The lowest BCUT2D eigenvalue weighted by Gasteiger charge is -2.23. The van der Waals surface area contributed by atoms with Crippen molar-refractivity contribution in [3.8, 4) is 0 Å². The number of hydrogen-bond donors (Lipinski definition) is 1. The summed E-state index contributed by atoms with van der Waals surface area (Å²) in [6, 6.07) is 8.22. The lowest BCUT2D eigenvalue weighted by Crippen LogP contribution is -2.39. The van der Waals surface area contributed by atoms with E-state index in [-0.39, 0.29) is 17.7 Å². The molecule has 7 heteroatoms. The third-order valence-corrected chi connectivity index (χ3v) is 5.95. The Labute approximate surface area is 150 Å². The van der Waals surface area contributed by atoms with Gasteiger partial charge in [0, 0.05) is 39.1 Å². The monoisotopic (exact) mass is 358 g/mol. The van der Waals surface area contributed by atoms with Gasteiger partial charge in [0.1, 0.15) is 5.01 Å². The summed E-state index contributed by atoms with van der Waals surface area (Å²) < 4.78 is 1.22. The van der Waals surface area contributed by atoms with E-state index in [2.05, 4.69) is 22.3 Å². The van der Waals surface area contributed by atoms with Gasteiger partial charge in [-0.25, -0.2) is 4.98 Å². The van der Waals surface area contributed by atoms with Gasteiger partial charge in [0.15, 0.2) is 0 Å². The number of aromatic nitrogens is 1. The molecule has 1 aromatic carbocycles. The zero-order valence-electron chi connectivity index (χ0n) is 14.1. The summed E-state index contributed by atoms with van der Waals surface area (Å²) in [5.74, 6) is -0.0610. The van der Waals surface area contributed by atoms with Crippen LogP contribution < -0.4 is 5.32 Å². The number of thiazole rings is 1. The normalized spacial score (nSPS) is 22.2. The van der Waals surface area contributed by atoms with Crippen LogP contribution >= 0.6 is 11.3 Å². The number of carbonyl (C=O) groups is 2. The maximum atomic E-state index is 12.6. The van der Waals surface area contributed by atoms with E-state index in [1.165, 1.54) is 4.70 Å². The van der Waals surface area contributed by atoms with Crippen molar-refractivity contribution in [1.82, 2.24) is 20.1 Å². The fourth-order valence-corrected chi connectivity index (χ4v) is 4.58. The molecular weight excluding hydrogens is 336 g/mol. The zero-order chi connectivity index (χ0) is 17.2. The van der Waals surface area contributed by atoms with E-state index in [9.17, 15) is 9.59 Å². The number of fused-ring (bicyclic) bond motifs is 1. The number of amides is 2. The molecule has 132 valence electrons. The van der Waals surface area contributed by atoms with Gasteiger partial charge in [-0.2, -0.15) is 0 Å². The Kier molecular flexibility index (Phi) is 4.67. The minimum absolute atomic E-state index is 0.00867. The third-order valence-electron chi connectivity index (χ3n) is 4.92. The number of carbonyl (C=O) groups excluding carboxylic acids is 2. The Morgan fingerprint density at radius 2 is 2.12 bits per heavy atom. The van der Waals surface area contributed by atoms with Gasteiger partial charge in [-0.05, 0) is 18.6 Å². The summed E-state index contributed by atoms with van der Waals surface area (Å²) in [6.07, 6.45) is 1.30. The molecule has 0 aliphatic carbocycles. The highest BCUT2D eigenvalue weighted by atomic mass is 32.1. The Morgan fingerprint density at radius 1 is 1.24 bits per heavy atom. The van der Waals surface area contributed by atoms with Crippen LogP contribution in [-0.2, 0) is 16.1 Å². The van der Waals surface area contributed by atoms with E-state index in [1.807, 2.05) is 17.0 Å². The summed E-state index contributed by atoms with van der Waals surface area (Å²) in [5, 5.41) is 3.89. The average molecular weight is 358 g/mol. The molecule has 3 heterocycles. The maximum absolute atomic E-state index is 12.6. The second kappa shape index (κ2) is 7.09. The smallest absolute Gasteiger partial charge is 0.228 e.